The number of halogens is 3. The van der Waals surface area contributed by atoms with E-state index in [9.17, 15) is 21.6 Å². The Morgan fingerprint density at radius 2 is 2.00 bits per heavy atom. The zero-order chi connectivity index (χ0) is 23.4. The molecular weight excluding hydrogens is 443 g/mol. The lowest BCUT2D eigenvalue weighted by Crippen LogP contribution is -2.65. The van der Waals surface area contributed by atoms with Gasteiger partial charge in [-0.3, -0.25) is 0 Å². The largest absolute Gasteiger partial charge is 0.490 e. The first-order chi connectivity index (χ1) is 14.2. The number of carbonyl (C=O) groups is 1. The molecule has 1 spiro atoms. The van der Waals surface area contributed by atoms with E-state index in [2.05, 4.69) is 19.6 Å². The van der Waals surface area contributed by atoms with Crippen LogP contribution in [0.15, 0.2) is 12.4 Å². The van der Waals surface area contributed by atoms with Gasteiger partial charge < -0.3 is 19.6 Å². The van der Waals surface area contributed by atoms with Gasteiger partial charge in [0, 0.05) is 33.3 Å². The van der Waals surface area contributed by atoms with Gasteiger partial charge in [-0.1, -0.05) is 0 Å². The summed E-state index contributed by atoms with van der Waals surface area (Å²) in [7, 11) is 0.775. The SMILES string of the molecule is CN(C)c1cc(N2CC3(C2)OCCC3CCNS(C)(=O)=O)ncn1.O=C(O)C(F)(F)F. The average Bonchev–Trinajstić information content (AvgIpc) is 3.03. The second-order valence-electron chi connectivity index (χ2n) is 7.64. The number of aliphatic carboxylic acids is 1. The summed E-state index contributed by atoms with van der Waals surface area (Å²) in [5.41, 5.74) is -0.164. The van der Waals surface area contributed by atoms with E-state index in [1.807, 2.05) is 25.1 Å². The van der Waals surface area contributed by atoms with Crippen LogP contribution in [-0.4, -0.2) is 87.8 Å². The van der Waals surface area contributed by atoms with Crippen molar-refractivity contribution >= 4 is 27.6 Å². The standard InChI is InChI=1S/C15H25N5O3S.C2HF3O2/c1-19(2)13-8-14(17-11-16-13)20-9-15(10-20)12(5-7-23-15)4-6-18-24(3,21)22;3-2(4,5)1(6)7/h8,11-12,18H,4-7,9-10H2,1-3H3;(H,6,7). The summed E-state index contributed by atoms with van der Waals surface area (Å²) in [5, 5.41) is 7.12. The van der Waals surface area contributed by atoms with Crippen molar-refractivity contribution < 1.29 is 36.2 Å². The molecule has 2 aliphatic rings. The van der Waals surface area contributed by atoms with Crippen LogP contribution in [0, 0.1) is 5.92 Å². The van der Waals surface area contributed by atoms with Crippen molar-refractivity contribution in [3.8, 4) is 0 Å². The molecule has 31 heavy (non-hydrogen) atoms. The second kappa shape index (κ2) is 9.53. The first-order valence-electron chi connectivity index (χ1n) is 9.36. The Morgan fingerprint density at radius 3 is 2.52 bits per heavy atom. The molecule has 1 aromatic heterocycles. The Balaban J connectivity index is 0.000000423. The smallest absolute Gasteiger partial charge is 0.475 e. The molecule has 0 aliphatic carbocycles. The van der Waals surface area contributed by atoms with E-state index in [0.29, 0.717) is 12.5 Å². The van der Waals surface area contributed by atoms with Gasteiger partial charge in [0.25, 0.3) is 0 Å². The van der Waals surface area contributed by atoms with E-state index in [-0.39, 0.29) is 5.60 Å². The van der Waals surface area contributed by atoms with Crippen LogP contribution in [0.25, 0.3) is 0 Å². The molecule has 3 heterocycles. The number of nitrogens with one attached hydrogen (secondary N) is 1. The number of ether oxygens (including phenoxy) is 1. The van der Waals surface area contributed by atoms with E-state index in [1.54, 1.807) is 6.33 Å². The summed E-state index contributed by atoms with van der Waals surface area (Å²) < 4.78 is 62.7. The van der Waals surface area contributed by atoms with Gasteiger partial charge in [-0.25, -0.2) is 27.9 Å². The van der Waals surface area contributed by atoms with E-state index < -0.39 is 22.2 Å². The minimum atomic E-state index is -5.08. The van der Waals surface area contributed by atoms with Crippen LogP contribution >= 0.6 is 0 Å². The number of hydrogen-bond acceptors (Lipinski definition) is 8. The molecule has 1 atom stereocenters. The second-order valence-corrected chi connectivity index (χ2v) is 9.47. The van der Waals surface area contributed by atoms with Crippen molar-refractivity contribution in [1.82, 2.24) is 14.7 Å². The lowest BCUT2D eigenvalue weighted by molar-refractivity contribution is -0.192. The molecule has 0 aromatic carbocycles. The van der Waals surface area contributed by atoms with Gasteiger partial charge >= 0.3 is 12.1 Å². The van der Waals surface area contributed by atoms with E-state index in [1.165, 1.54) is 6.26 Å². The fraction of sp³-hybridized carbons (Fsp3) is 0.706. The number of carboxylic acids is 1. The third-order valence-electron chi connectivity index (χ3n) is 5.04. The minimum absolute atomic E-state index is 0.164. The number of sulfonamides is 1. The monoisotopic (exact) mass is 469 g/mol. The van der Waals surface area contributed by atoms with Crippen LogP contribution in [0.2, 0.25) is 0 Å². The summed E-state index contributed by atoms with van der Waals surface area (Å²) in [4.78, 5) is 21.6. The lowest BCUT2D eigenvalue weighted by Gasteiger charge is -2.51. The molecule has 0 radical (unpaired) electrons. The van der Waals surface area contributed by atoms with Crippen molar-refractivity contribution in [2.24, 2.45) is 5.92 Å². The van der Waals surface area contributed by atoms with Crippen molar-refractivity contribution in [1.29, 1.82) is 0 Å². The zero-order valence-electron chi connectivity index (χ0n) is 17.4. The molecule has 0 amide bonds. The van der Waals surface area contributed by atoms with Crippen LogP contribution in [0.3, 0.4) is 0 Å². The maximum absolute atomic E-state index is 11.2. The Kier molecular flexibility index (Phi) is 7.70. The molecule has 3 rings (SSSR count). The van der Waals surface area contributed by atoms with Gasteiger partial charge in [-0.2, -0.15) is 13.2 Å². The number of nitrogens with zero attached hydrogens (tertiary/aromatic N) is 4. The Bertz CT molecular complexity index is 875. The third-order valence-corrected chi connectivity index (χ3v) is 5.77. The molecule has 2 saturated heterocycles. The quantitative estimate of drug-likeness (QED) is 0.620. The van der Waals surface area contributed by atoms with Gasteiger partial charge in [0.15, 0.2) is 0 Å². The van der Waals surface area contributed by atoms with Gasteiger partial charge in [-0.15, -0.1) is 0 Å². The molecular formula is C17H26F3N5O5S. The fourth-order valence-electron chi connectivity index (χ4n) is 3.48. The van der Waals surface area contributed by atoms with Crippen LogP contribution in [0.5, 0.6) is 0 Å². The Morgan fingerprint density at radius 1 is 1.39 bits per heavy atom. The summed E-state index contributed by atoms with van der Waals surface area (Å²) in [6, 6.07) is 1.97. The third kappa shape index (κ3) is 6.90. The summed E-state index contributed by atoms with van der Waals surface area (Å²) in [6.07, 6.45) is -0.533. The zero-order valence-corrected chi connectivity index (χ0v) is 18.2. The lowest BCUT2D eigenvalue weighted by atomic mass is 9.79. The molecule has 10 nitrogen and oxygen atoms in total. The molecule has 14 heteroatoms. The van der Waals surface area contributed by atoms with Crippen molar-refractivity contribution in [2.45, 2.75) is 24.6 Å². The van der Waals surface area contributed by atoms with Crippen LogP contribution < -0.4 is 14.5 Å². The van der Waals surface area contributed by atoms with Crippen LogP contribution in [0.4, 0.5) is 24.8 Å². The molecule has 0 bridgehead atoms. The number of anilines is 2. The van der Waals surface area contributed by atoms with Gasteiger partial charge in [-0.05, 0) is 18.8 Å². The molecule has 1 unspecified atom stereocenters. The molecule has 1 aromatic rings. The molecule has 2 aliphatic heterocycles. The summed E-state index contributed by atoms with van der Waals surface area (Å²) >= 11 is 0. The minimum Gasteiger partial charge on any atom is -0.475 e. The molecule has 176 valence electrons. The number of alkyl halides is 3. The molecule has 2 fully saturated rings. The van der Waals surface area contributed by atoms with E-state index in [0.717, 1.165) is 44.2 Å². The maximum atomic E-state index is 11.2. The summed E-state index contributed by atoms with van der Waals surface area (Å²) in [5.74, 6) is -0.601. The maximum Gasteiger partial charge on any atom is 0.490 e. The fourth-order valence-corrected chi connectivity index (χ4v) is 3.97. The number of hydrogen-bond donors (Lipinski definition) is 2. The highest BCUT2D eigenvalue weighted by Crippen LogP contribution is 2.43. The highest BCUT2D eigenvalue weighted by Gasteiger charge is 2.53. The predicted molar refractivity (Wildman–Crippen MR) is 107 cm³/mol. The van der Waals surface area contributed by atoms with Crippen molar-refractivity contribution in [3.05, 3.63) is 12.4 Å². The predicted octanol–water partition coefficient (Wildman–Crippen LogP) is 0.711. The number of carboxylic acid groups (broad SMARTS) is 1. The Labute approximate surface area is 178 Å². The van der Waals surface area contributed by atoms with Crippen LogP contribution in [0.1, 0.15) is 12.8 Å². The van der Waals surface area contributed by atoms with Crippen molar-refractivity contribution in [2.75, 3.05) is 56.4 Å². The molecule has 2 N–H and O–H groups in total. The topological polar surface area (TPSA) is 125 Å². The van der Waals surface area contributed by atoms with E-state index in [4.69, 9.17) is 14.6 Å². The average molecular weight is 469 g/mol. The summed E-state index contributed by atoms with van der Waals surface area (Å²) in [6.45, 7) is 2.79. The van der Waals surface area contributed by atoms with Gasteiger partial charge in [0.05, 0.1) is 19.3 Å². The first kappa shape index (κ1) is 25.1. The van der Waals surface area contributed by atoms with E-state index >= 15 is 0 Å². The molecule has 0 saturated carbocycles. The van der Waals surface area contributed by atoms with Gasteiger partial charge in [0.2, 0.25) is 10.0 Å². The highest BCUT2D eigenvalue weighted by atomic mass is 32.2. The number of aromatic nitrogens is 2. The Hall–Kier alpha value is -2.19. The van der Waals surface area contributed by atoms with Crippen LogP contribution in [-0.2, 0) is 19.6 Å². The number of rotatable bonds is 6. The van der Waals surface area contributed by atoms with Crippen molar-refractivity contribution in [3.63, 3.8) is 0 Å². The van der Waals surface area contributed by atoms with Gasteiger partial charge in [0.1, 0.15) is 23.6 Å². The first-order valence-corrected chi connectivity index (χ1v) is 11.3. The normalized spacial score (nSPS) is 20.1. The highest BCUT2D eigenvalue weighted by molar-refractivity contribution is 7.88.